The second kappa shape index (κ2) is 10.6. The van der Waals surface area contributed by atoms with Gasteiger partial charge in [0.1, 0.15) is 0 Å². The highest BCUT2D eigenvalue weighted by Gasteiger charge is 2.23. The van der Waals surface area contributed by atoms with Crippen LogP contribution in [0.3, 0.4) is 0 Å². The van der Waals surface area contributed by atoms with E-state index in [2.05, 4.69) is 27.2 Å². The zero-order valence-electron chi connectivity index (χ0n) is 19.1. The normalized spacial score (nSPS) is 17.3. The molecule has 0 unspecified atom stereocenters. The van der Waals surface area contributed by atoms with Crippen molar-refractivity contribution in [2.24, 2.45) is 0 Å². The number of piperidine rings is 1. The van der Waals surface area contributed by atoms with Crippen LogP contribution >= 0.6 is 0 Å². The molecule has 2 saturated heterocycles. The highest BCUT2D eigenvalue weighted by molar-refractivity contribution is 5.92. The Hall–Kier alpha value is -2.86. The van der Waals surface area contributed by atoms with E-state index in [1.54, 1.807) is 0 Å². The maximum atomic E-state index is 12.7. The highest BCUT2D eigenvalue weighted by atomic mass is 16.2. The smallest absolute Gasteiger partial charge is 0.238 e. The summed E-state index contributed by atoms with van der Waals surface area (Å²) in [5, 5.41) is 3.01. The van der Waals surface area contributed by atoms with E-state index < -0.39 is 0 Å². The van der Waals surface area contributed by atoms with Crippen LogP contribution in [0, 0.1) is 6.92 Å². The van der Waals surface area contributed by atoms with Crippen LogP contribution in [-0.2, 0) is 16.0 Å². The van der Waals surface area contributed by atoms with Crippen LogP contribution in [-0.4, -0.2) is 67.4 Å². The number of nitrogens with zero attached hydrogens (tertiary/aromatic N) is 3. The molecular weight excluding hydrogens is 400 g/mol. The summed E-state index contributed by atoms with van der Waals surface area (Å²) < 4.78 is 0. The summed E-state index contributed by atoms with van der Waals surface area (Å²) in [7, 11) is 0. The van der Waals surface area contributed by atoms with Gasteiger partial charge in [-0.1, -0.05) is 24.3 Å². The van der Waals surface area contributed by atoms with Crippen LogP contribution in [0.1, 0.15) is 30.4 Å². The van der Waals surface area contributed by atoms with Crippen molar-refractivity contribution in [2.75, 3.05) is 56.0 Å². The lowest BCUT2D eigenvalue weighted by Crippen LogP contribution is -2.50. The van der Waals surface area contributed by atoms with Crippen molar-refractivity contribution in [3.63, 3.8) is 0 Å². The van der Waals surface area contributed by atoms with Gasteiger partial charge in [0, 0.05) is 50.6 Å². The van der Waals surface area contributed by atoms with Crippen LogP contribution in [0.5, 0.6) is 0 Å². The molecule has 0 spiro atoms. The summed E-state index contributed by atoms with van der Waals surface area (Å²) >= 11 is 0. The first-order chi connectivity index (χ1) is 15.6. The maximum absolute atomic E-state index is 12.7. The molecule has 0 bridgehead atoms. The highest BCUT2D eigenvalue weighted by Crippen LogP contribution is 2.22. The number of hydrogen-bond donors (Lipinski definition) is 1. The van der Waals surface area contributed by atoms with Gasteiger partial charge in [-0.15, -0.1) is 0 Å². The lowest BCUT2D eigenvalue weighted by molar-refractivity contribution is -0.132. The minimum absolute atomic E-state index is 0.00425. The van der Waals surface area contributed by atoms with Gasteiger partial charge in [0.15, 0.2) is 0 Å². The largest absolute Gasteiger partial charge is 0.372 e. The van der Waals surface area contributed by atoms with Gasteiger partial charge in [-0.2, -0.15) is 0 Å². The SMILES string of the molecule is Cc1ccccc1CC(=O)N1CCN(CC(=O)Nc2ccc(N3CCCCC3)cc2)CC1. The van der Waals surface area contributed by atoms with Crippen LogP contribution in [0.4, 0.5) is 11.4 Å². The van der Waals surface area contributed by atoms with Gasteiger partial charge in [0.2, 0.25) is 11.8 Å². The third kappa shape index (κ3) is 5.88. The van der Waals surface area contributed by atoms with Gasteiger partial charge < -0.3 is 15.1 Å². The molecule has 0 atom stereocenters. The first kappa shape index (κ1) is 22.3. The van der Waals surface area contributed by atoms with Crippen LogP contribution in [0.2, 0.25) is 0 Å². The fourth-order valence-corrected chi connectivity index (χ4v) is 4.55. The first-order valence-electron chi connectivity index (χ1n) is 11.8. The molecule has 0 aromatic heterocycles. The van der Waals surface area contributed by atoms with Crippen LogP contribution in [0.15, 0.2) is 48.5 Å². The molecule has 170 valence electrons. The van der Waals surface area contributed by atoms with E-state index in [0.717, 1.165) is 43.0 Å². The number of piperazine rings is 1. The van der Waals surface area contributed by atoms with Crippen molar-refractivity contribution in [2.45, 2.75) is 32.6 Å². The molecule has 4 rings (SSSR count). The average Bonchev–Trinajstić information content (AvgIpc) is 2.82. The number of rotatable bonds is 6. The molecule has 0 radical (unpaired) electrons. The lowest BCUT2D eigenvalue weighted by atomic mass is 10.1. The van der Waals surface area contributed by atoms with Crippen molar-refractivity contribution in [1.82, 2.24) is 9.80 Å². The molecule has 0 aliphatic carbocycles. The number of benzene rings is 2. The van der Waals surface area contributed by atoms with Gasteiger partial charge in [0.05, 0.1) is 13.0 Å². The predicted molar refractivity (Wildman–Crippen MR) is 129 cm³/mol. The molecule has 6 heteroatoms. The Kier molecular flexibility index (Phi) is 7.43. The monoisotopic (exact) mass is 434 g/mol. The van der Waals surface area contributed by atoms with E-state index in [1.807, 2.05) is 48.2 Å². The fourth-order valence-electron chi connectivity index (χ4n) is 4.55. The van der Waals surface area contributed by atoms with Crippen LogP contribution in [0.25, 0.3) is 0 Å². The minimum atomic E-state index is -0.00425. The number of carbonyl (C=O) groups excluding carboxylic acids is 2. The Morgan fingerprint density at radius 2 is 1.53 bits per heavy atom. The Balaban J connectivity index is 1.20. The molecule has 2 aromatic rings. The topological polar surface area (TPSA) is 55.9 Å². The molecule has 2 aliphatic rings. The summed E-state index contributed by atoms with van der Waals surface area (Å²) in [5.74, 6) is 0.160. The van der Waals surface area contributed by atoms with Gasteiger partial charge in [-0.25, -0.2) is 0 Å². The minimum Gasteiger partial charge on any atom is -0.372 e. The molecule has 6 nitrogen and oxygen atoms in total. The van der Waals surface area contributed by atoms with Crippen molar-refractivity contribution in [3.8, 4) is 0 Å². The summed E-state index contributed by atoms with van der Waals surface area (Å²) in [4.78, 5) is 31.6. The first-order valence-corrected chi connectivity index (χ1v) is 11.8. The number of carbonyl (C=O) groups is 2. The number of nitrogens with one attached hydrogen (secondary N) is 1. The second-order valence-corrected chi connectivity index (χ2v) is 8.90. The average molecular weight is 435 g/mol. The van der Waals surface area contributed by atoms with Gasteiger partial charge in [-0.3, -0.25) is 14.5 Å². The summed E-state index contributed by atoms with van der Waals surface area (Å²) in [6.07, 6.45) is 4.27. The Morgan fingerprint density at radius 1 is 0.844 bits per heavy atom. The second-order valence-electron chi connectivity index (χ2n) is 8.90. The van der Waals surface area contributed by atoms with E-state index in [1.165, 1.54) is 24.9 Å². The summed E-state index contributed by atoms with van der Waals surface area (Å²) in [6.45, 7) is 7.41. The van der Waals surface area contributed by atoms with E-state index in [9.17, 15) is 9.59 Å². The summed E-state index contributed by atoms with van der Waals surface area (Å²) in [6, 6.07) is 16.2. The van der Waals surface area contributed by atoms with Gasteiger partial charge >= 0.3 is 0 Å². The van der Waals surface area contributed by atoms with Crippen molar-refractivity contribution in [3.05, 3.63) is 59.7 Å². The fraction of sp³-hybridized carbons (Fsp3) is 0.462. The number of amides is 2. The molecule has 2 aliphatic heterocycles. The predicted octanol–water partition coefficient (Wildman–Crippen LogP) is 3.31. The maximum Gasteiger partial charge on any atom is 0.238 e. The molecule has 2 amide bonds. The van der Waals surface area contributed by atoms with Crippen molar-refractivity contribution in [1.29, 1.82) is 0 Å². The third-order valence-corrected chi connectivity index (χ3v) is 6.57. The molecule has 1 N–H and O–H groups in total. The van der Waals surface area contributed by atoms with E-state index in [0.29, 0.717) is 26.1 Å². The zero-order valence-corrected chi connectivity index (χ0v) is 19.1. The van der Waals surface area contributed by atoms with E-state index in [4.69, 9.17) is 0 Å². The lowest BCUT2D eigenvalue weighted by Gasteiger charge is -2.34. The molecule has 2 heterocycles. The Bertz CT molecular complexity index is 914. The summed E-state index contributed by atoms with van der Waals surface area (Å²) in [5.41, 5.74) is 4.31. The Morgan fingerprint density at radius 3 is 2.22 bits per heavy atom. The number of aryl methyl sites for hydroxylation is 1. The number of anilines is 2. The molecule has 2 aromatic carbocycles. The van der Waals surface area contributed by atoms with Gasteiger partial charge in [0.25, 0.3) is 0 Å². The van der Waals surface area contributed by atoms with Crippen molar-refractivity contribution >= 4 is 23.2 Å². The molecule has 2 fully saturated rings. The van der Waals surface area contributed by atoms with Crippen molar-refractivity contribution < 1.29 is 9.59 Å². The molecule has 32 heavy (non-hydrogen) atoms. The standard InChI is InChI=1S/C26H34N4O2/c1-21-7-3-4-8-22(21)19-26(32)30-17-15-28(16-18-30)20-25(31)27-23-9-11-24(12-10-23)29-13-5-2-6-14-29/h3-4,7-12H,2,5-6,13-20H2,1H3,(H,27,31). The third-order valence-electron chi connectivity index (χ3n) is 6.57. The van der Waals surface area contributed by atoms with E-state index >= 15 is 0 Å². The van der Waals surface area contributed by atoms with Crippen LogP contribution < -0.4 is 10.2 Å². The quantitative estimate of drug-likeness (QED) is 0.758. The number of hydrogen-bond acceptors (Lipinski definition) is 4. The van der Waals surface area contributed by atoms with Gasteiger partial charge in [-0.05, 0) is 61.6 Å². The van der Waals surface area contributed by atoms with E-state index in [-0.39, 0.29) is 11.8 Å². The zero-order chi connectivity index (χ0) is 22.3. The molecule has 0 saturated carbocycles. The molecular formula is C26H34N4O2. The Labute approximate surface area is 191 Å².